The summed E-state index contributed by atoms with van der Waals surface area (Å²) in [5.41, 5.74) is 2.77. The van der Waals surface area contributed by atoms with Gasteiger partial charge in [0.1, 0.15) is 6.54 Å². The lowest BCUT2D eigenvalue weighted by Crippen LogP contribution is -2.31. The van der Waals surface area contributed by atoms with Gasteiger partial charge < -0.3 is 5.32 Å². The van der Waals surface area contributed by atoms with Gasteiger partial charge in [-0.1, -0.05) is 35.9 Å². The molecule has 1 amide bonds. The van der Waals surface area contributed by atoms with Crippen LogP contribution >= 0.6 is 12.2 Å². The molecule has 1 aromatic carbocycles. The van der Waals surface area contributed by atoms with E-state index < -0.39 is 0 Å². The van der Waals surface area contributed by atoms with Gasteiger partial charge in [-0.15, -0.1) is 10.2 Å². The first-order valence-corrected chi connectivity index (χ1v) is 9.25. The topological polar surface area (TPSA) is 92.9 Å². The fourth-order valence-corrected chi connectivity index (χ4v) is 3.23. The zero-order valence-corrected chi connectivity index (χ0v) is 16.3. The van der Waals surface area contributed by atoms with Crippen LogP contribution in [-0.2, 0) is 11.3 Å². The second-order valence-corrected chi connectivity index (χ2v) is 6.97. The number of benzene rings is 1. The van der Waals surface area contributed by atoms with Crippen molar-refractivity contribution in [2.45, 2.75) is 26.4 Å². The minimum absolute atomic E-state index is 0.0552. The molecule has 0 aliphatic rings. The number of amides is 1. The number of aryl methyl sites for hydroxylation is 1. The van der Waals surface area contributed by atoms with Crippen LogP contribution in [0.5, 0.6) is 0 Å². The second kappa shape index (κ2) is 7.35. The SMILES string of the molecule is Cc1ccc(-c2n[nH]c(=S)n2CC(=O)NC(C)c2nnc3ccccn23)cc1. The maximum absolute atomic E-state index is 12.7. The molecule has 0 saturated heterocycles. The molecule has 3 aromatic heterocycles. The average Bonchev–Trinajstić information content (AvgIpc) is 3.27. The summed E-state index contributed by atoms with van der Waals surface area (Å²) in [4.78, 5) is 12.7. The summed E-state index contributed by atoms with van der Waals surface area (Å²) in [6.07, 6.45) is 1.87. The van der Waals surface area contributed by atoms with Crippen molar-refractivity contribution in [2.24, 2.45) is 0 Å². The van der Waals surface area contributed by atoms with Gasteiger partial charge in [0.25, 0.3) is 0 Å². The van der Waals surface area contributed by atoms with Gasteiger partial charge in [0.05, 0.1) is 6.04 Å². The minimum Gasteiger partial charge on any atom is -0.345 e. The molecule has 28 heavy (non-hydrogen) atoms. The third-order valence-electron chi connectivity index (χ3n) is 4.47. The van der Waals surface area contributed by atoms with Crippen LogP contribution < -0.4 is 5.32 Å². The van der Waals surface area contributed by atoms with Crippen molar-refractivity contribution in [3.05, 3.63) is 64.8 Å². The first-order valence-electron chi connectivity index (χ1n) is 8.84. The second-order valence-electron chi connectivity index (χ2n) is 6.58. The standard InChI is InChI=1S/C19H19N7OS/c1-12-6-8-14(9-7-12)18-23-24-19(28)26(18)11-16(27)20-13(2)17-22-21-15-5-3-4-10-25(15)17/h3-10,13H,11H2,1-2H3,(H,20,27)(H,24,28). The first-order chi connectivity index (χ1) is 13.5. The molecule has 4 rings (SSSR count). The quantitative estimate of drug-likeness (QED) is 0.509. The van der Waals surface area contributed by atoms with Gasteiger partial charge in [-0.25, -0.2) is 0 Å². The number of nitrogens with one attached hydrogen (secondary N) is 2. The van der Waals surface area contributed by atoms with Gasteiger partial charge >= 0.3 is 0 Å². The van der Waals surface area contributed by atoms with Crippen molar-refractivity contribution in [3.63, 3.8) is 0 Å². The van der Waals surface area contributed by atoms with Crippen molar-refractivity contribution in [2.75, 3.05) is 0 Å². The molecular weight excluding hydrogens is 374 g/mol. The molecule has 142 valence electrons. The third kappa shape index (κ3) is 3.44. The van der Waals surface area contributed by atoms with Crippen LogP contribution in [-0.4, -0.2) is 35.3 Å². The van der Waals surface area contributed by atoms with E-state index in [0.29, 0.717) is 16.4 Å². The summed E-state index contributed by atoms with van der Waals surface area (Å²) < 4.78 is 3.93. The molecule has 3 heterocycles. The Morgan fingerprint density at radius 1 is 1.21 bits per heavy atom. The van der Waals surface area contributed by atoms with Crippen molar-refractivity contribution in [1.29, 1.82) is 0 Å². The van der Waals surface area contributed by atoms with Crippen LogP contribution in [0.4, 0.5) is 0 Å². The Hall–Kier alpha value is -3.33. The summed E-state index contributed by atoms with van der Waals surface area (Å²) in [6, 6.07) is 13.3. The Morgan fingerprint density at radius 2 is 2.00 bits per heavy atom. The maximum atomic E-state index is 12.7. The highest BCUT2D eigenvalue weighted by Gasteiger charge is 2.18. The highest BCUT2D eigenvalue weighted by molar-refractivity contribution is 7.71. The van der Waals surface area contributed by atoms with Gasteiger partial charge in [-0.3, -0.25) is 18.9 Å². The van der Waals surface area contributed by atoms with Crippen LogP contribution in [0.1, 0.15) is 24.4 Å². The molecule has 2 N–H and O–H groups in total. The van der Waals surface area contributed by atoms with E-state index in [1.54, 1.807) is 4.57 Å². The van der Waals surface area contributed by atoms with E-state index in [9.17, 15) is 4.79 Å². The van der Waals surface area contributed by atoms with Crippen molar-refractivity contribution in [3.8, 4) is 11.4 Å². The van der Waals surface area contributed by atoms with Crippen LogP contribution in [0, 0.1) is 11.7 Å². The zero-order chi connectivity index (χ0) is 19.7. The molecule has 1 atom stereocenters. The van der Waals surface area contributed by atoms with E-state index in [1.165, 1.54) is 0 Å². The third-order valence-corrected chi connectivity index (χ3v) is 4.79. The fraction of sp³-hybridized carbons (Fsp3) is 0.211. The molecule has 0 aliphatic heterocycles. The lowest BCUT2D eigenvalue weighted by Gasteiger charge is -2.13. The van der Waals surface area contributed by atoms with Gasteiger partial charge in [-0.2, -0.15) is 5.10 Å². The molecule has 0 fully saturated rings. The van der Waals surface area contributed by atoms with Crippen molar-refractivity contribution in [1.82, 2.24) is 34.7 Å². The Kier molecular flexibility index (Phi) is 4.74. The largest absolute Gasteiger partial charge is 0.345 e. The predicted molar refractivity (Wildman–Crippen MR) is 107 cm³/mol. The number of pyridine rings is 1. The molecule has 0 radical (unpaired) electrons. The van der Waals surface area contributed by atoms with Gasteiger partial charge in [0.2, 0.25) is 5.91 Å². The van der Waals surface area contributed by atoms with Crippen LogP contribution in [0.3, 0.4) is 0 Å². The maximum Gasteiger partial charge on any atom is 0.240 e. The lowest BCUT2D eigenvalue weighted by atomic mass is 10.1. The molecule has 9 heteroatoms. The van der Waals surface area contributed by atoms with E-state index in [-0.39, 0.29) is 18.5 Å². The van der Waals surface area contributed by atoms with Gasteiger partial charge in [-0.05, 0) is 38.2 Å². The predicted octanol–water partition coefficient (Wildman–Crippen LogP) is 2.84. The number of carbonyl (C=O) groups is 1. The number of rotatable bonds is 5. The smallest absolute Gasteiger partial charge is 0.240 e. The Balaban J connectivity index is 1.53. The van der Waals surface area contributed by atoms with Gasteiger partial charge in [0, 0.05) is 11.8 Å². The normalized spacial score (nSPS) is 12.2. The van der Waals surface area contributed by atoms with Crippen LogP contribution in [0.25, 0.3) is 17.0 Å². The van der Waals surface area contributed by atoms with E-state index in [1.807, 2.05) is 66.9 Å². The number of H-pyrrole nitrogens is 1. The number of hydrogen-bond acceptors (Lipinski definition) is 5. The minimum atomic E-state index is -0.311. The van der Waals surface area contributed by atoms with Crippen LogP contribution in [0.15, 0.2) is 48.7 Å². The average molecular weight is 393 g/mol. The number of aromatic amines is 1. The highest BCUT2D eigenvalue weighted by Crippen LogP contribution is 2.18. The highest BCUT2D eigenvalue weighted by atomic mass is 32.1. The van der Waals surface area contributed by atoms with Crippen molar-refractivity contribution >= 4 is 23.8 Å². The molecule has 8 nitrogen and oxygen atoms in total. The van der Waals surface area contributed by atoms with E-state index in [2.05, 4.69) is 25.7 Å². The molecule has 4 aromatic rings. The number of nitrogens with zero attached hydrogens (tertiary/aromatic N) is 5. The molecule has 0 saturated carbocycles. The number of aromatic nitrogens is 6. The molecular formula is C19H19N7OS. The number of carbonyl (C=O) groups excluding carboxylic acids is 1. The van der Waals surface area contributed by atoms with E-state index in [4.69, 9.17) is 12.2 Å². The molecule has 0 spiro atoms. The Bertz CT molecular complexity index is 1190. The molecule has 0 aliphatic carbocycles. The Morgan fingerprint density at radius 3 is 2.79 bits per heavy atom. The number of fused-ring (bicyclic) bond motifs is 1. The van der Waals surface area contributed by atoms with E-state index >= 15 is 0 Å². The monoisotopic (exact) mass is 393 g/mol. The van der Waals surface area contributed by atoms with E-state index in [0.717, 1.165) is 16.8 Å². The summed E-state index contributed by atoms with van der Waals surface area (Å²) in [7, 11) is 0. The Labute approximate surface area is 166 Å². The molecule has 0 bridgehead atoms. The van der Waals surface area contributed by atoms with Crippen LogP contribution in [0.2, 0.25) is 0 Å². The lowest BCUT2D eigenvalue weighted by molar-refractivity contribution is -0.122. The summed E-state index contributed by atoms with van der Waals surface area (Å²) in [6.45, 7) is 3.94. The summed E-state index contributed by atoms with van der Waals surface area (Å²) >= 11 is 5.31. The summed E-state index contributed by atoms with van der Waals surface area (Å²) in [5, 5.41) is 18.3. The number of hydrogen-bond donors (Lipinski definition) is 2. The molecule has 1 unspecified atom stereocenters. The first kappa shape index (κ1) is 18.1. The van der Waals surface area contributed by atoms with Crippen molar-refractivity contribution < 1.29 is 4.79 Å². The van der Waals surface area contributed by atoms with Gasteiger partial charge in [0.15, 0.2) is 22.1 Å². The zero-order valence-electron chi connectivity index (χ0n) is 15.5. The summed E-state index contributed by atoms with van der Waals surface area (Å²) in [5.74, 6) is 1.10. The fourth-order valence-electron chi connectivity index (χ4n) is 3.04.